The summed E-state index contributed by atoms with van der Waals surface area (Å²) < 4.78 is 5.98. The molecule has 0 bridgehead atoms. The van der Waals surface area contributed by atoms with Gasteiger partial charge in [0.15, 0.2) is 0 Å². The molecule has 0 heterocycles. The van der Waals surface area contributed by atoms with Gasteiger partial charge in [-0.1, -0.05) is 74.5 Å². The molecule has 3 rings (SSSR count). The van der Waals surface area contributed by atoms with Crippen LogP contribution in [0.1, 0.15) is 31.1 Å². The number of para-hydroxylation sites is 1. The maximum Gasteiger partial charge on any atom is 0.266 e. The lowest BCUT2D eigenvalue weighted by atomic mass is 10.1. The van der Waals surface area contributed by atoms with Gasteiger partial charge in [-0.2, -0.15) is 0 Å². The number of nitrogens with one attached hydrogen (secondary N) is 2. The summed E-state index contributed by atoms with van der Waals surface area (Å²) in [6.07, 6.45) is -0.752. The van der Waals surface area contributed by atoms with Crippen LogP contribution in [0, 0.1) is 5.92 Å². The third-order valence-corrected chi connectivity index (χ3v) is 4.55. The fraction of sp³-hybridized carbons (Fsp3) is 0.200. The molecule has 5 nitrogen and oxygen atoms in total. The third-order valence-electron chi connectivity index (χ3n) is 4.55. The molecule has 0 aliphatic rings. The average Bonchev–Trinajstić information content (AvgIpc) is 2.78. The lowest BCUT2D eigenvalue weighted by Crippen LogP contribution is -2.32. The minimum Gasteiger partial charge on any atom is -0.476 e. The highest BCUT2D eigenvalue weighted by Gasteiger charge is 2.22. The Bertz CT molecular complexity index is 955. The number of anilines is 1. The first kappa shape index (κ1) is 21.1. The maximum absolute atomic E-state index is 12.9. The van der Waals surface area contributed by atoms with Crippen molar-refractivity contribution in [3.63, 3.8) is 0 Å². The van der Waals surface area contributed by atoms with Crippen LogP contribution in [-0.4, -0.2) is 11.8 Å². The lowest BCUT2D eigenvalue weighted by Gasteiger charge is -2.19. The van der Waals surface area contributed by atoms with Crippen LogP contribution in [-0.2, 0) is 16.1 Å². The molecule has 2 amide bonds. The summed E-state index contributed by atoms with van der Waals surface area (Å²) in [6.45, 7) is 4.05. The van der Waals surface area contributed by atoms with Gasteiger partial charge in [0.05, 0.1) is 0 Å². The van der Waals surface area contributed by atoms with Gasteiger partial charge in [-0.3, -0.25) is 9.59 Å². The van der Waals surface area contributed by atoms with Crippen LogP contribution in [0.3, 0.4) is 0 Å². The summed E-state index contributed by atoms with van der Waals surface area (Å²) in [5.74, 6) is 0.303. The van der Waals surface area contributed by atoms with E-state index in [1.54, 1.807) is 0 Å². The number of hydrogen-bond donors (Lipinski definition) is 2. The van der Waals surface area contributed by atoms with E-state index in [-0.39, 0.29) is 17.7 Å². The molecular weight excluding hydrogens is 376 g/mol. The smallest absolute Gasteiger partial charge is 0.266 e. The minimum absolute atomic E-state index is 0.0279. The first-order valence-electron chi connectivity index (χ1n) is 9.97. The van der Waals surface area contributed by atoms with E-state index in [2.05, 4.69) is 10.6 Å². The Hall–Kier alpha value is -3.60. The molecule has 3 aromatic rings. The highest BCUT2D eigenvalue weighted by molar-refractivity contribution is 5.92. The molecule has 0 spiro atoms. The average molecular weight is 402 g/mol. The quantitative estimate of drug-likeness (QED) is 0.573. The highest BCUT2D eigenvalue weighted by Crippen LogP contribution is 2.22. The number of carbonyl (C=O) groups is 2. The standard InChI is InChI=1S/C25H26N2O3/c1-18(2)24(28)27-21-15-13-19(14-16-21)17-26-25(29)23(20-9-5-3-6-10-20)30-22-11-7-4-8-12-22/h3-16,18,23H,17H2,1-2H3,(H,26,29)(H,27,28). The van der Waals surface area contributed by atoms with Gasteiger partial charge in [0.2, 0.25) is 12.0 Å². The van der Waals surface area contributed by atoms with Gasteiger partial charge in [0, 0.05) is 23.7 Å². The summed E-state index contributed by atoms with van der Waals surface area (Å²) in [7, 11) is 0. The molecule has 0 saturated carbocycles. The monoisotopic (exact) mass is 402 g/mol. The Morgan fingerprint density at radius 1 is 0.800 bits per heavy atom. The molecule has 0 aliphatic heterocycles. The van der Waals surface area contributed by atoms with Crippen molar-refractivity contribution in [3.8, 4) is 5.75 Å². The Balaban J connectivity index is 1.65. The molecule has 30 heavy (non-hydrogen) atoms. The predicted molar refractivity (Wildman–Crippen MR) is 118 cm³/mol. The van der Waals surface area contributed by atoms with E-state index in [0.717, 1.165) is 16.8 Å². The topological polar surface area (TPSA) is 67.4 Å². The first-order valence-corrected chi connectivity index (χ1v) is 9.97. The minimum atomic E-state index is -0.752. The summed E-state index contributed by atoms with van der Waals surface area (Å²) >= 11 is 0. The molecular formula is C25H26N2O3. The molecule has 3 aromatic carbocycles. The zero-order valence-electron chi connectivity index (χ0n) is 17.2. The summed E-state index contributed by atoms with van der Waals surface area (Å²) in [4.78, 5) is 24.7. The second-order valence-corrected chi connectivity index (χ2v) is 7.28. The van der Waals surface area contributed by atoms with Crippen molar-refractivity contribution in [1.82, 2.24) is 5.32 Å². The second kappa shape index (κ2) is 10.3. The molecule has 0 aliphatic carbocycles. The Kier molecular flexibility index (Phi) is 7.22. The van der Waals surface area contributed by atoms with Crippen molar-refractivity contribution in [2.45, 2.75) is 26.5 Å². The van der Waals surface area contributed by atoms with Crippen LogP contribution < -0.4 is 15.4 Å². The number of rotatable bonds is 8. The normalized spacial score (nSPS) is 11.6. The zero-order chi connectivity index (χ0) is 21.3. The number of hydrogen-bond acceptors (Lipinski definition) is 3. The fourth-order valence-electron chi connectivity index (χ4n) is 2.81. The maximum atomic E-state index is 12.9. The molecule has 0 saturated heterocycles. The van der Waals surface area contributed by atoms with Gasteiger partial charge in [-0.05, 0) is 29.8 Å². The number of benzene rings is 3. The molecule has 5 heteroatoms. The molecule has 154 valence electrons. The van der Waals surface area contributed by atoms with Crippen LogP contribution in [0.2, 0.25) is 0 Å². The van der Waals surface area contributed by atoms with E-state index in [9.17, 15) is 9.59 Å². The van der Waals surface area contributed by atoms with Gasteiger partial charge >= 0.3 is 0 Å². The van der Waals surface area contributed by atoms with Crippen LogP contribution in [0.25, 0.3) is 0 Å². The van der Waals surface area contributed by atoms with Crippen molar-refractivity contribution in [2.24, 2.45) is 5.92 Å². The number of amides is 2. The molecule has 0 radical (unpaired) electrons. The van der Waals surface area contributed by atoms with Crippen LogP contribution in [0.5, 0.6) is 5.75 Å². The highest BCUT2D eigenvalue weighted by atomic mass is 16.5. The van der Waals surface area contributed by atoms with Gasteiger partial charge in [0.25, 0.3) is 5.91 Å². The Morgan fingerprint density at radius 3 is 2.00 bits per heavy atom. The Labute approximate surface area is 177 Å². The van der Waals surface area contributed by atoms with Gasteiger partial charge < -0.3 is 15.4 Å². The van der Waals surface area contributed by atoms with Crippen molar-refractivity contribution >= 4 is 17.5 Å². The predicted octanol–water partition coefficient (Wildman–Crippen LogP) is 4.72. The van der Waals surface area contributed by atoms with Gasteiger partial charge in [0.1, 0.15) is 5.75 Å². The van der Waals surface area contributed by atoms with E-state index in [1.165, 1.54) is 0 Å². The summed E-state index contributed by atoms with van der Waals surface area (Å²) in [6, 6.07) is 26.1. The third kappa shape index (κ3) is 5.95. The first-order chi connectivity index (χ1) is 14.5. The molecule has 1 atom stereocenters. The van der Waals surface area contributed by atoms with Gasteiger partial charge in [-0.25, -0.2) is 0 Å². The van der Waals surface area contributed by atoms with E-state index < -0.39 is 6.10 Å². The summed E-state index contributed by atoms with van der Waals surface area (Å²) in [5.41, 5.74) is 2.45. The van der Waals surface area contributed by atoms with E-state index in [0.29, 0.717) is 12.3 Å². The fourth-order valence-corrected chi connectivity index (χ4v) is 2.81. The van der Waals surface area contributed by atoms with Crippen LogP contribution in [0.15, 0.2) is 84.9 Å². The number of ether oxygens (including phenoxy) is 1. The second-order valence-electron chi connectivity index (χ2n) is 7.28. The summed E-state index contributed by atoms with van der Waals surface area (Å²) in [5, 5.41) is 5.80. The van der Waals surface area contributed by atoms with Crippen molar-refractivity contribution < 1.29 is 14.3 Å². The Morgan fingerprint density at radius 2 is 1.40 bits per heavy atom. The van der Waals surface area contributed by atoms with Crippen LogP contribution in [0.4, 0.5) is 5.69 Å². The molecule has 2 N–H and O–H groups in total. The van der Waals surface area contributed by atoms with E-state index in [4.69, 9.17) is 4.74 Å². The zero-order valence-corrected chi connectivity index (χ0v) is 17.2. The SMILES string of the molecule is CC(C)C(=O)Nc1ccc(CNC(=O)C(Oc2ccccc2)c2ccccc2)cc1. The molecule has 0 aromatic heterocycles. The van der Waals surface area contributed by atoms with E-state index >= 15 is 0 Å². The lowest BCUT2D eigenvalue weighted by molar-refractivity contribution is -0.128. The largest absolute Gasteiger partial charge is 0.476 e. The van der Waals surface area contributed by atoms with Crippen molar-refractivity contribution in [1.29, 1.82) is 0 Å². The molecule has 0 fully saturated rings. The number of carbonyl (C=O) groups excluding carboxylic acids is 2. The van der Waals surface area contributed by atoms with Crippen molar-refractivity contribution in [3.05, 3.63) is 96.1 Å². The van der Waals surface area contributed by atoms with E-state index in [1.807, 2.05) is 98.8 Å². The van der Waals surface area contributed by atoms with Crippen molar-refractivity contribution in [2.75, 3.05) is 5.32 Å². The van der Waals surface area contributed by atoms with Crippen LogP contribution >= 0.6 is 0 Å². The molecule has 1 unspecified atom stereocenters. The van der Waals surface area contributed by atoms with Gasteiger partial charge in [-0.15, -0.1) is 0 Å².